The molecule has 0 aliphatic rings. The van der Waals surface area contributed by atoms with Gasteiger partial charge in [-0.2, -0.15) is 0 Å². The molecule has 0 fully saturated rings. The summed E-state index contributed by atoms with van der Waals surface area (Å²) in [6.07, 6.45) is 0. The molecule has 2 aromatic rings. The average Bonchev–Trinajstić information content (AvgIpc) is 2.61. The summed E-state index contributed by atoms with van der Waals surface area (Å²) in [5.41, 5.74) is 10.9. The number of aryl methyl sites for hydroxylation is 2. The van der Waals surface area contributed by atoms with Crippen molar-refractivity contribution in [2.24, 2.45) is 5.73 Å². The van der Waals surface area contributed by atoms with Crippen molar-refractivity contribution in [1.82, 2.24) is 4.98 Å². The number of hydrogen-bond acceptors (Lipinski definition) is 1. The molecular formula is C14H18N2. The van der Waals surface area contributed by atoms with Crippen LogP contribution in [0.4, 0.5) is 0 Å². The van der Waals surface area contributed by atoms with E-state index in [1.165, 1.54) is 22.5 Å². The molecular weight excluding hydrogens is 196 g/mol. The average molecular weight is 214 g/mol. The minimum absolute atomic E-state index is 0.297. The summed E-state index contributed by atoms with van der Waals surface area (Å²) in [6, 6.07) is 12.6. The number of aromatic amines is 1. The van der Waals surface area contributed by atoms with Gasteiger partial charge >= 0.3 is 0 Å². The summed E-state index contributed by atoms with van der Waals surface area (Å²) in [4.78, 5) is 3.34. The van der Waals surface area contributed by atoms with Crippen LogP contribution in [0, 0.1) is 13.8 Å². The Labute approximate surface area is 96.5 Å². The first kappa shape index (κ1) is 11.0. The second-order valence-electron chi connectivity index (χ2n) is 4.23. The van der Waals surface area contributed by atoms with Gasteiger partial charge < -0.3 is 10.7 Å². The van der Waals surface area contributed by atoms with E-state index in [1.54, 1.807) is 0 Å². The van der Waals surface area contributed by atoms with Crippen LogP contribution < -0.4 is 5.73 Å². The number of benzene rings is 1. The summed E-state index contributed by atoms with van der Waals surface area (Å²) in [5.74, 6) is 0.297. The molecule has 1 aromatic carbocycles. The maximum atomic E-state index is 5.90. The van der Waals surface area contributed by atoms with Gasteiger partial charge in [0.15, 0.2) is 0 Å². The molecule has 0 saturated heterocycles. The monoisotopic (exact) mass is 214 g/mol. The molecule has 0 bridgehead atoms. The zero-order valence-electron chi connectivity index (χ0n) is 9.83. The zero-order valence-corrected chi connectivity index (χ0v) is 9.83. The van der Waals surface area contributed by atoms with Crippen molar-refractivity contribution in [2.75, 3.05) is 6.54 Å². The van der Waals surface area contributed by atoms with Gasteiger partial charge in [-0.15, -0.1) is 0 Å². The third-order valence-corrected chi connectivity index (χ3v) is 3.00. The molecule has 1 atom stereocenters. The van der Waals surface area contributed by atoms with E-state index < -0.39 is 0 Å². The molecule has 0 aliphatic heterocycles. The lowest BCUT2D eigenvalue weighted by Gasteiger charge is -2.15. The van der Waals surface area contributed by atoms with Crippen LogP contribution >= 0.6 is 0 Å². The highest BCUT2D eigenvalue weighted by atomic mass is 14.7. The van der Waals surface area contributed by atoms with Crippen molar-refractivity contribution >= 4 is 0 Å². The highest BCUT2D eigenvalue weighted by Gasteiger charge is 2.15. The van der Waals surface area contributed by atoms with E-state index >= 15 is 0 Å². The second kappa shape index (κ2) is 4.54. The fourth-order valence-electron chi connectivity index (χ4n) is 2.24. The minimum Gasteiger partial charge on any atom is -0.362 e. The minimum atomic E-state index is 0.297. The van der Waals surface area contributed by atoms with Crippen molar-refractivity contribution in [2.45, 2.75) is 19.8 Å². The second-order valence-corrected chi connectivity index (χ2v) is 4.23. The lowest BCUT2D eigenvalue weighted by atomic mass is 9.91. The van der Waals surface area contributed by atoms with E-state index in [4.69, 9.17) is 5.73 Å². The van der Waals surface area contributed by atoms with Gasteiger partial charge in [0.1, 0.15) is 0 Å². The molecule has 2 rings (SSSR count). The van der Waals surface area contributed by atoms with Crippen LogP contribution in [-0.4, -0.2) is 11.5 Å². The van der Waals surface area contributed by atoms with Gasteiger partial charge in [0.05, 0.1) is 0 Å². The van der Waals surface area contributed by atoms with Crippen LogP contribution in [0.5, 0.6) is 0 Å². The van der Waals surface area contributed by atoms with Gasteiger partial charge in [-0.1, -0.05) is 30.3 Å². The van der Waals surface area contributed by atoms with E-state index in [-0.39, 0.29) is 0 Å². The molecule has 3 N–H and O–H groups in total. The van der Waals surface area contributed by atoms with Gasteiger partial charge in [0.2, 0.25) is 0 Å². The van der Waals surface area contributed by atoms with Crippen LogP contribution in [0.15, 0.2) is 36.4 Å². The molecule has 2 heteroatoms. The van der Waals surface area contributed by atoms with E-state index in [0.29, 0.717) is 12.5 Å². The maximum Gasteiger partial charge on any atom is 0.0230 e. The third kappa shape index (κ3) is 2.02. The smallest absolute Gasteiger partial charge is 0.0230 e. The molecule has 2 nitrogen and oxygen atoms in total. The summed E-state index contributed by atoms with van der Waals surface area (Å²) in [6.45, 7) is 4.82. The molecule has 0 radical (unpaired) electrons. The molecule has 1 aromatic heterocycles. The summed E-state index contributed by atoms with van der Waals surface area (Å²) >= 11 is 0. The molecule has 1 heterocycles. The molecule has 1 unspecified atom stereocenters. The largest absolute Gasteiger partial charge is 0.362 e. The van der Waals surface area contributed by atoms with Gasteiger partial charge in [-0.25, -0.2) is 0 Å². The number of nitrogens with two attached hydrogens (primary N) is 1. The third-order valence-electron chi connectivity index (χ3n) is 3.00. The first-order valence-electron chi connectivity index (χ1n) is 5.63. The van der Waals surface area contributed by atoms with Crippen LogP contribution in [0.25, 0.3) is 0 Å². The Hall–Kier alpha value is -1.54. The lowest BCUT2D eigenvalue weighted by molar-refractivity contribution is 0.812. The van der Waals surface area contributed by atoms with Crippen molar-refractivity contribution < 1.29 is 0 Å². The number of H-pyrrole nitrogens is 1. The number of rotatable bonds is 3. The fraction of sp³-hybridized carbons (Fsp3) is 0.286. The molecule has 84 valence electrons. The highest BCUT2D eigenvalue weighted by Crippen LogP contribution is 2.26. The van der Waals surface area contributed by atoms with Gasteiger partial charge in [0, 0.05) is 23.9 Å². The van der Waals surface area contributed by atoms with Crippen LogP contribution in [-0.2, 0) is 0 Å². The first-order chi connectivity index (χ1) is 7.72. The molecule has 0 spiro atoms. The summed E-state index contributed by atoms with van der Waals surface area (Å²) < 4.78 is 0. The standard InChI is InChI=1S/C14H18N2/c1-10-8-13(11(2)16-10)14(9-15)12-6-4-3-5-7-12/h3-8,14,16H,9,15H2,1-2H3. The Morgan fingerprint density at radius 1 is 1.19 bits per heavy atom. The van der Waals surface area contributed by atoms with Gasteiger partial charge in [0.25, 0.3) is 0 Å². The Morgan fingerprint density at radius 3 is 2.38 bits per heavy atom. The quantitative estimate of drug-likeness (QED) is 0.810. The predicted octanol–water partition coefficient (Wildman–Crippen LogP) is 2.72. The van der Waals surface area contributed by atoms with E-state index in [9.17, 15) is 0 Å². The SMILES string of the molecule is Cc1cc(C(CN)c2ccccc2)c(C)[nH]1. The predicted molar refractivity (Wildman–Crippen MR) is 67.6 cm³/mol. The van der Waals surface area contributed by atoms with Crippen LogP contribution in [0.2, 0.25) is 0 Å². The molecule has 0 aliphatic carbocycles. The summed E-state index contributed by atoms with van der Waals surface area (Å²) in [7, 11) is 0. The zero-order chi connectivity index (χ0) is 11.5. The van der Waals surface area contributed by atoms with E-state index in [1.807, 2.05) is 6.07 Å². The van der Waals surface area contributed by atoms with Crippen LogP contribution in [0.3, 0.4) is 0 Å². The molecule has 0 amide bonds. The van der Waals surface area contributed by atoms with Crippen molar-refractivity contribution in [3.05, 3.63) is 58.9 Å². The molecule has 16 heavy (non-hydrogen) atoms. The topological polar surface area (TPSA) is 41.8 Å². The van der Waals surface area contributed by atoms with Crippen LogP contribution in [0.1, 0.15) is 28.4 Å². The normalized spacial score (nSPS) is 12.7. The van der Waals surface area contributed by atoms with Crippen molar-refractivity contribution in [3.63, 3.8) is 0 Å². The Kier molecular flexibility index (Phi) is 3.11. The fourth-order valence-corrected chi connectivity index (χ4v) is 2.24. The van der Waals surface area contributed by atoms with Gasteiger partial charge in [-0.05, 0) is 31.0 Å². The van der Waals surface area contributed by atoms with E-state index in [2.05, 4.69) is 49.2 Å². The Bertz CT molecular complexity index is 457. The number of aromatic nitrogens is 1. The summed E-state index contributed by atoms with van der Waals surface area (Å²) in [5, 5.41) is 0. The highest BCUT2D eigenvalue weighted by molar-refractivity contribution is 5.37. The van der Waals surface area contributed by atoms with E-state index in [0.717, 1.165) is 0 Å². The first-order valence-corrected chi connectivity index (χ1v) is 5.63. The van der Waals surface area contributed by atoms with Crippen molar-refractivity contribution in [1.29, 1.82) is 0 Å². The number of nitrogens with one attached hydrogen (secondary N) is 1. The van der Waals surface area contributed by atoms with Gasteiger partial charge in [-0.3, -0.25) is 0 Å². The number of hydrogen-bond donors (Lipinski definition) is 2. The maximum absolute atomic E-state index is 5.90. The Morgan fingerprint density at radius 2 is 1.88 bits per heavy atom. The molecule has 0 saturated carbocycles. The van der Waals surface area contributed by atoms with Crippen molar-refractivity contribution in [3.8, 4) is 0 Å². The lowest BCUT2D eigenvalue weighted by Crippen LogP contribution is -2.14. The Balaban J connectivity index is 2.40.